The van der Waals surface area contributed by atoms with Crippen molar-refractivity contribution in [2.75, 3.05) is 31.1 Å². The third kappa shape index (κ3) is 4.37. The van der Waals surface area contributed by atoms with Gasteiger partial charge in [0.1, 0.15) is 11.1 Å². The van der Waals surface area contributed by atoms with Crippen LogP contribution in [0.15, 0.2) is 90.0 Å². The molecule has 0 saturated carbocycles. The van der Waals surface area contributed by atoms with Crippen molar-refractivity contribution in [1.29, 1.82) is 0 Å². The van der Waals surface area contributed by atoms with Crippen LogP contribution in [-0.4, -0.2) is 42.0 Å². The Balaban J connectivity index is 1.48. The van der Waals surface area contributed by atoms with Gasteiger partial charge in [-0.05, 0) is 29.8 Å². The molecule has 1 amide bonds. The predicted octanol–water partition coefficient (Wildman–Crippen LogP) is 4.26. The fraction of sp³-hybridized carbons (Fsp3) is 0.217. The third-order valence-corrected chi connectivity index (χ3v) is 6.14. The van der Waals surface area contributed by atoms with Crippen molar-refractivity contribution in [3.8, 4) is 0 Å². The first kappa shape index (κ1) is 18.6. The van der Waals surface area contributed by atoms with Crippen LogP contribution in [0.25, 0.3) is 0 Å². The highest BCUT2D eigenvalue weighted by Gasteiger charge is 2.29. The number of thioether (sulfide) groups is 1. The zero-order chi connectivity index (χ0) is 19.2. The fourth-order valence-electron chi connectivity index (χ4n) is 3.39. The normalized spacial score (nSPS) is 15.3. The molecule has 3 aromatic rings. The van der Waals surface area contributed by atoms with Crippen molar-refractivity contribution in [3.05, 3.63) is 90.6 Å². The summed E-state index contributed by atoms with van der Waals surface area (Å²) in [7, 11) is 0. The number of anilines is 1. The van der Waals surface area contributed by atoms with E-state index in [0.29, 0.717) is 13.1 Å². The summed E-state index contributed by atoms with van der Waals surface area (Å²) in [6.07, 6.45) is 1.81. The van der Waals surface area contributed by atoms with E-state index in [2.05, 4.69) is 22.0 Å². The van der Waals surface area contributed by atoms with Crippen molar-refractivity contribution >= 4 is 23.5 Å². The molecule has 4 nitrogen and oxygen atoms in total. The van der Waals surface area contributed by atoms with Crippen LogP contribution in [-0.2, 0) is 4.79 Å². The highest BCUT2D eigenvalue weighted by atomic mass is 32.2. The maximum absolute atomic E-state index is 13.4. The molecule has 1 aromatic heterocycles. The van der Waals surface area contributed by atoms with Crippen molar-refractivity contribution in [2.45, 2.75) is 10.1 Å². The molecule has 0 radical (unpaired) electrons. The molecule has 1 atom stereocenters. The Morgan fingerprint density at radius 2 is 1.46 bits per heavy atom. The first-order valence-electron chi connectivity index (χ1n) is 9.53. The molecule has 0 bridgehead atoms. The molecule has 1 aliphatic heterocycles. The van der Waals surface area contributed by atoms with Crippen LogP contribution in [0.1, 0.15) is 10.8 Å². The second-order valence-corrected chi connectivity index (χ2v) is 7.90. The summed E-state index contributed by atoms with van der Waals surface area (Å²) in [6.45, 7) is 3.04. The van der Waals surface area contributed by atoms with E-state index in [1.165, 1.54) is 0 Å². The lowest BCUT2D eigenvalue weighted by Gasteiger charge is -2.37. The number of pyridine rings is 1. The topological polar surface area (TPSA) is 36.4 Å². The molecule has 1 fully saturated rings. The Hall–Kier alpha value is -2.79. The maximum atomic E-state index is 13.4. The molecule has 28 heavy (non-hydrogen) atoms. The maximum Gasteiger partial charge on any atom is 0.240 e. The summed E-state index contributed by atoms with van der Waals surface area (Å²) in [5, 5.41) is -0.231. The van der Waals surface area contributed by atoms with E-state index in [1.54, 1.807) is 11.8 Å². The van der Waals surface area contributed by atoms with Crippen molar-refractivity contribution in [1.82, 2.24) is 9.88 Å². The number of piperazine rings is 1. The van der Waals surface area contributed by atoms with Gasteiger partial charge in [0.2, 0.25) is 5.91 Å². The fourth-order valence-corrected chi connectivity index (χ4v) is 4.52. The van der Waals surface area contributed by atoms with Gasteiger partial charge in [0.15, 0.2) is 0 Å². The Bertz CT molecular complexity index is 881. The lowest BCUT2D eigenvalue weighted by Crippen LogP contribution is -2.50. The van der Waals surface area contributed by atoms with Gasteiger partial charge in [-0.15, -0.1) is 11.8 Å². The van der Waals surface area contributed by atoms with Gasteiger partial charge in [0.25, 0.3) is 0 Å². The molecule has 142 valence electrons. The summed E-state index contributed by atoms with van der Waals surface area (Å²) >= 11 is 1.62. The van der Waals surface area contributed by atoms with Crippen LogP contribution < -0.4 is 4.90 Å². The molecule has 2 aromatic carbocycles. The van der Waals surface area contributed by atoms with Crippen LogP contribution in [0.3, 0.4) is 0 Å². The van der Waals surface area contributed by atoms with Gasteiger partial charge in [-0.3, -0.25) is 4.79 Å². The van der Waals surface area contributed by atoms with E-state index < -0.39 is 0 Å². The molecule has 1 aliphatic rings. The quantitative estimate of drug-likeness (QED) is 0.611. The molecule has 0 aliphatic carbocycles. The highest BCUT2D eigenvalue weighted by molar-refractivity contribution is 8.00. The zero-order valence-corrected chi connectivity index (χ0v) is 16.5. The smallest absolute Gasteiger partial charge is 0.240 e. The van der Waals surface area contributed by atoms with Gasteiger partial charge in [-0.2, -0.15) is 0 Å². The van der Waals surface area contributed by atoms with Crippen molar-refractivity contribution < 1.29 is 4.79 Å². The standard InChI is InChI=1S/C23H23N3OS/c27-23(26-17-15-25(16-18-26)21-13-7-8-14-24-21)22(19-9-3-1-4-10-19)28-20-11-5-2-6-12-20/h1-14,22H,15-18H2/t22-/m1/s1. The van der Waals surface area contributed by atoms with Crippen LogP contribution in [0, 0.1) is 0 Å². The number of carbonyl (C=O) groups excluding carboxylic acids is 1. The second kappa shape index (κ2) is 8.93. The SMILES string of the molecule is O=C([C@H](Sc1ccccc1)c1ccccc1)N1CCN(c2ccccn2)CC1. The van der Waals surface area contributed by atoms with Gasteiger partial charge in [0, 0.05) is 37.3 Å². The van der Waals surface area contributed by atoms with Gasteiger partial charge in [-0.1, -0.05) is 54.6 Å². The van der Waals surface area contributed by atoms with Gasteiger partial charge in [-0.25, -0.2) is 4.98 Å². The van der Waals surface area contributed by atoms with Crippen molar-refractivity contribution in [3.63, 3.8) is 0 Å². The Morgan fingerprint density at radius 3 is 2.11 bits per heavy atom. The summed E-state index contributed by atoms with van der Waals surface area (Å²) < 4.78 is 0. The highest BCUT2D eigenvalue weighted by Crippen LogP contribution is 2.36. The van der Waals surface area contributed by atoms with Crippen LogP contribution in [0.2, 0.25) is 0 Å². The lowest BCUT2D eigenvalue weighted by atomic mass is 10.1. The minimum atomic E-state index is -0.231. The molecule has 0 spiro atoms. The van der Waals surface area contributed by atoms with Crippen LogP contribution >= 0.6 is 11.8 Å². The average Bonchev–Trinajstić information content (AvgIpc) is 2.79. The number of amides is 1. The molecular formula is C23H23N3OS. The molecule has 4 rings (SSSR count). The number of hydrogen-bond donors (Lipinski definition) is 0. The van der Waals surface area contributed by atoms with Gasteiger partial charge >= 0.3 is 0 Å². The zero-order valence-electron chi connectivity index (χ0n) is 15.6. The second-order valence-electron chi connectivity index (χ2n) is 6.72. The van der Waals surface area contributed by atoms with Crippen LogP contribution in [0.4, 0.5) is 5.82 Å². The number of hydrogen-bond acceptors (Lipinski definition) is 4. The van der Waals surface area contributed by atoms with Crippen LogP contribution in [0.5, 0.6) is 0 Å². The Kier molecular flexibility index (Phi) is 5.92. The van der Waals surface area contributed by atoms with Gasteiger partial charge < -0.3 is 9.80 Å². The molecule has 0 unspecified atom stereocenters. The monoisotopic (exact) mass is 389 g/mol. The van der Waals surface area contributed by atoms with E-state index in [1.807, 2.05) is 77.8 Å². The first-order chi connectivity index (χ1) is 13.8. The number of benzene rings is 2. The molecule has 5 heteroatoms. The number of aromatic nitrogens is 1. The van der Waals surface area contributed by atoms with E-state index in [-0.39, 0.29) is 11.2 Å². The predicted molar refractivity (Wildman–Crippen MR) is 115 cm³/mol. The Labute approximate surface area is 170 Å². The lowest BCUT2D eigenvalue weighted by molar-refractivity contribution is -0.131. The van der Waals surface area contributed by atoms with E-state index in [4.69, 9.17) is 0 Å². The van der Waals surface area contributed by atoms with Crippen molar-refractivity contribution in [2.24, 2.45) is 0 Å². The summed E-state index contributed by atoms with van der Waals surface area (Å²) in [5.41, 5.74) is 1.05. The number of carbonyl (C=O) groups is 1. The summed E-state index contributed by atoms with van der Waals surface area (Å²) in [6, 6.07) is 26.2. The third-order valence-electron chi connectivity index (χ3n) is 4.89. The molecule has 1 saturated heterocycles. The summed E-state index contributed by atoms with van der Waals surface area (Å²) in [5.74, 6) is 1.16. The van der Waals surface area contributed by atoms with Gasteiger partial charge in [0.05, 0.1) is 0 Å². The van der Waals surface area contributed by atoms with E-state index in [9.17, 15) is 4.79 Å². The minimum Gasteiger partial charge on any atom is -0.353 e. The Morgan fingerprint density at radius 1 is 0.821 bits per heavy atom. The largest absolute Gasteiger partial charge is 0.353 e. The van der Waals surface area contributed by atoms with E-state index >= 15 is 0 Å². The number of nitrogens with zero attached hydrogens (tertiary/aromatic N) is 3. The molecule has 0 N–H and O–H groups in total. The first-order valence-corrected chi connectivity index (χ1v) is 10.4. The number of rotatable bonds is 5. The molecule has 2 heterocycles. The summed E-state index contributed by atoms with van der Waals surface area (Å²) in [4.78, 5) is 23.2. The van der Waals surface area contributed by atoms with E-state index in [0.717, 1.165) is 29.4 Å². The minimum absolute atomic E-state index is 0.181. The average molecular weight is 390 g/mol. The molecular weight excluding hydrogens is 366 g/mol.